The molecule has 0 spiro atoms. The van der Waals surface area contributed by atoms with E-state index in [-0.39, 0.29) is 17.0 Å². The maximum atomic E-state index is 11.2. The Hall–Kier alpha value is -0.810. The minimum atomic E-state index is -0.165. The molecule has 0 fully saturated rings. The minimum Gasteiger partial charge on any atom is -0.434 e. The first-order valence-corrected chi connectivity index (χ1v) is 5.46. The van der Waals surface area contributed by atoms with Gasteiger partial charge in [-0.25, -0.2) is 4.98 Å². The molecule has 1 heterocycles. The Kier molecular flexibility index (Phi) is 2.60. The zero-order chi connectivity index (χ0) is 10.1. The van der Waals surface area contributed by atoms with E-state index in [1.165, 1.54) is 0 Å². The molecule has 0 atom stereocenters. The van der Waals surface area contributed by atoms with E-state index >= 15 is 0 Å². The average molecular weight is 272 g/mol. The quantitative estimate of drug-likeness (QED) is 0.519. The maximum Gasteiger partial charge on any atom is 0.265 e. The number of carbonyl (C=O) groups excluding carboxylic acids is 1. The van der Waals surface area contributed by atoms with E-state index in [1.54, 1.807) is 18.2 Å². The molecule has 0 aliphatic heterocycles. The highest BCUT2D eigenvalue weighted by Gasteiger charge is 2.12. The van der Waals surface area contributed by atoms with E-state index in [2.05, 4.69) is 33.5 Å². The SMILES string of the molecule is O=C(CBr)c1nc2ccc(S)cc2o1. The number of fused-ring (bicyclic) bond motifs is 1. The first-order valence-electron chi connectivity index (χ1n) is 3.89. The Balaban J connectivity index is 2.56. The van der Waals surface area contributed by atoms with Gasteiger partial charge in [0.05, 0.1) is 5.33 Å². The number of hydrogen-bond acceptors (Lipinski definition) is 4. The predicted octanol–water partition coefficient (Wildman–Crippen LogP) is 2.69. The third-order valence-electron chi connectivity index (χ3n) is 1.73. The molecule has 5 heteroatoms. The summed E-state index contributed by atoms with van der Waals surface area (Å²) in [6, 6.07) is 5.30. The van der Waals surface area contributed by atoms with Crippen LogP contribution in [0.3, 0.4) is 0 Å². The summed E-state index contributed by atoms with van der Waals surface area (Å²) in [6.45, 7) is 0. The van der Waals surface area contributed by atoms with Crippen LogP contribution in [0.1, 0.15) is 10.7 Å². The average Bonchev–Trinajstić information content (AvgIpc) is 2.59. The van der Waals surface area contributed by atoms with Crippen LogP contribution in [-0.2, 0) is 0 Å². The Morgan fingerprint density at radius 3 is 3.07 bits per heavy atom. The van der Waals surface area contributed by atoms with Gasteiger partial charge in [-0.1, -0.05) is 15.9 Å². The van der Waals surface area contributed by atoms with Crippen molar-refractivity contribution in [1.29, 1.82) is 0 Å². The second-order valence-electron chi connectivity index (χ2n) is 2.73. The Labute approximate surface area is 94.0 Å². The molecular formula is C9H6BrNO2S. The van der Waals surface area contributed by atoms with E-state index in [4.69, 9.17) is 4.42 Å². The maximum absolute atomic E-state index is 11.2. The van der Waals surface area contributed by atoms with Crippen LogP contribution in [0.4, 0.5) is 0 Å². The van der Waals surface area contributed by atoms with Crippen molar-refractivity contribution in [2.45, 2.75) is 4.90 Å². The number of hydrogen-bond donors (Lipinski definition) is 1. The number of nitrogens with zero attached hydrogens (tertiary/aromatic N) is 1. The van der Waals surface area contributed by atoms with Gasteiger partial charge in [-0.3, -0.25) is 4.79 Å². The molecule has 0 aliphatic carbocycles. The lowest BCUT2D eigenvalue weighted by Crippen LogP contribution is -1.99. The molecule has 0 unspecified atom stereocenters. The van der Waals surface area contributed by atoms with Crippen molar-refractivity contribution in [1.82, 2.24) is 4.98 Å². The van der Waals surface area contributed by atoms with E-state index < -0.39 is 0 Å². The number of halogens is 1. The number of thiol groups is 1. The predicted molar refractivity (Wildman–Crippen MR) is 59.4 cm³/mol. The van der Waals surface area contributed by atoms with Crippen LogP contribution in [0.25, 0.3) is 11.1 Å². The highest BCUT2D eigenvalue weighted by molar-refractivity contribution is 9.09. The molecule has 2 aromatic rings. The van der Waals surface area contributed by atoms with Gasteiger partial charge in [-0.2, -0.15) is 0 Å². The molecule has 0 aliphatic rings. The van der Waals surface area contributed by atoms with Crippen LogP contribution >= 0.6 is 28.6 Å². The molecule has 1 aromatic heterocycles. The summed E-state index contributed by atoms with van der Waals surface area (Å²) in [6.07, 6.45) is 0. The number of rotatable bonds is 2. The number of carbonyl (C=O) groups is 1. The van der Waals surface area contributed by atoms with Gasteiger partial charge in [0.15, 0.2) is 5.58 Å². The van der Waals surface area contributed by atoms with Crippen molar-refractivity contribution < 1.29 is 9.21 Å². The van der Waals surface area contributed by atoms with E-state index in [9.17, 15) is 4.79 Å². The van der Waals surface area contributed by atoms with Crippen molar-refractivity contribution in [2.75, 3.05) is 5.33 Å². The first-order chi connectivity index (χ1) is 6.70. The smallest absolute Gasteiger partial charge is 0.265 e. The lowest BCUT2D eigenvalue weighted by molar-refractivity contribution is 0.0989. The summed E-state index contributed by atoms with van der Waals surface area (Å²) in [5.74, 6) is -0.0299. The third kappa shape index (κ3) is 1.69. The van der Waals surface area contributed by atoms with Crippen LogP contribution < -0.4 is 0 Å². The van der Waals surface area contributed by atoms with Gasteiger partial charge in [-0.15, -0.1) is 12.6 Å². The van der Waals surface area contributed by atoms with E-state index in [1.807, 2.05) is 0 Å². The molecular weight excluding hydrogens is 266 g/mol. The van der Waals surface area contributed by atoms with Crippen LogP contribution in [0.15, 0.2) is 27.5 Å². The van der Waals surface area contributed by atoms with Gasteiger partial charge in [0.25, 0.3) is 5.89 Å². The van der Waals surface area contributed by atoms with E-state index in [0.717, 1.165) is 4.90 Å². The second kappa shape index (κ2) is 3.74. The molecule has 0 radical (unpaired) electrons. The molecule has 2 rings (SSSR count). The van der Waals surface area contributed by atoms with Gasteiger partial charge < -0.3 is 4.42 Å². The van der Waals surface area contributed by atoms with Crippen LogP contribution in [0.2, 0.25) is 0 Å². The Morgan fingerprint density at radius 1 is 1.57 bits per heavy atom. The van der Waals surface area contributed by atoms with Gasteiger partial charge in [0.2, 0.25) is 5.78 Å². The zero-order valence-corrected chi connectivity index (χ0v) is 9.51. The highest BCUT2D eigenvalue weighted by Crippen LogP contribution is 2.19. The molecule has 0 N–H and O–H groups in total. The standard InChI is InChI=1S/C9H6BrNO2S/c10-4-7(12)9-11-6-2-1-5(14)3-8(6)13-9/h1-3,14H,4H2. The summed E-state index contributed by atoms with van der Waals surface area (Å²) in [4.78, 5) is 16.1. The highest BCUT2D eigenvalue weighted by atomic mass is 79.9. The number of oxazole rings is 1. The summed E-state index contributed by atoms with van der Waals surface area (Å²) in [5.41, 5.74) is 1.26. The number of aromatic nitrogens is 1. The summed E-state index contributed by atoms with van der Waals surface area (Å²) in [5, 5.41) is 0.216. The van der Waals surface area contributed by atoms with Gasteiger partial charge in [0.1, 0.15) is 5.52 Å². The van der Waals surface area contributed by atoms with Gasteiger partial charge in [-0.05, 0) is 18.2 Å². The van der Waals surface area contributed by atoms with Crippen molar-refractivity contribution in [3.05, 3.63) is 24.1 Å². The zero-order valence-electron chi connectivity index (χ0n) is 7.03. The topological polar surface area (TPSA) is 43.1 Å². The van der Waals surface area contributed by atoms with E-state index in [0.29, 0.717) is 11.1 Å². The summed E-state index contributed by atoms with van der Waals surface area (Å²) in [7, 11) is 0. The van der Waals surface area contributed by atoms with Crippen LogP contribution in [0, 0.1) is 0 Å². The summed E-state index contributed by atoms with van der Waals surface area (Å²) < 4.78 is 5.26. The summed E-state index contributed by atoms with van der Waals surface area (Å²) >= 11 is 7.22. The van der Waals surface area contributed by atoms with Crippen molar-refractivity contribution in [3.8, 4) is 0 Å². The molecule has 1 aromatic carbocycles. The van der Waals surface area contributed by atoms with Gasteiger partial charge >= 0.3 is 0 Å². The van der Waals surface area contributed by atoms with Gasteiger partial charge in [0, 0.05) is 4.90 Å². The second-order valence-corrected chi connectivity index (χ2v) is 3.80. The molecule has 0 saturated carbocycles. The normalized spacial score (nSPS) is 10.7. The number of ketones is 1. The molecule has 14 heavy (non-hydrogen) atoms. The van der Waals surface area contributed by atoms with Crippen LogP contribution in [0.5, 0.6) is 0 Å². The molecule has 3 nitrogen and oxygen atoms in total. The Bertz CT molecular complexity index is 495. The third-order valence-corrected chi connectivity index (χ3v) is 2.52. The van der Waals surface area contributed by atoms with Crippen LogP contribution in [-0.4, -0.2) is 16.1 Å². The number of benzene rings is 1. The molecule has 0 saturated heterocycles. The monoisotopic (exact) mass is 271 g/mol. The Morgan fingerprint density at radius 2 is 2.36 bits per heavy atom. The molecule has 0 amide bonds. The largest absolute Gasteiger partial charge is 0.434 e. The molecule has 0 bridgehead atoms. The van der Waals surface area contributed by atoms with Crippen molar-refractivity contribution >= 4 is 45.4 Å². The lowest BCUT2D eigenvalue weighted by atomic mass is 10.3. The first kappa shape index (κ1) is 9.73. The number of Topliss-reactive ketones (excluding diaryl/α,β-unsaturated/α-hetero) is 1. The fourth-order valence-corrected chi connectivity index (χ4v) is 1.52. The number of alkyl halides is 1. The lowest BCUT2D eigenvalue weighted by Gasteiger charge is -1.87. The van der Waals surface area contributed by atoms with Crippen molar-refractivity contribution in [2.24, 2.45) is 0 Å². The fourth-order valence-electron chi connectivity index (χ4n) is 1.09. The fraction of sp³-hybridized carbons (Fsp3) is 0.111. The minimum absolute atomic E-state index is 0.135. The van der Waals surface area contributed by atoms with Crippen molar-refractivity contribution in [3.63, 3.8) is 0 Å². The molecule has 72 valence electrons.